The number of carbonyl (C=O) groups excluding carboxylic acids is 3. The van der Waals surface area contributed by atoms with Crippen LogP contribution < -0.4 is 25.8 Å². The molecule has 0 aromatic heterocycles. The van der Waals surface area contributed by atoms with E-state index in [4.69, 9.17) is 19.9 Å². The van der Waals surface area contributed by atoms with E-state index in [-0.39, 0.29) is 39.9 Å². The van der Waals surface area contributed by atoms with Crippen molar-refractivity contribution in [1.29, 1.82) is 0 Å². The van der Waals surface area contributed by atoms with Crippen LogP contribution in [0.5, 0.6) is 11.5 Å². The minimum atomic E-state index is -4.49. The van der Waals surface area contributed by atoms with Gasteiger partial charge in [0.15, 0.2) is 11.5 Å². The van der Waals surface area contributed by atoms with Crippen molar-refractivity contribution < 1.29 is 42.1 Å². The summed E-state index contributed by atoms with van der Waals surface area (Å²) in [6.45, 7) is 11.2. The van der Waals surface area contributed by atoms with Gasteiger partial charge in [0.25, 0.3) is 0 Å². The molecule has 14 heteroatoms. The van der Waals surface area contributed by atoms with Crippen molar-refractivity contribution in [3.05, 3.63) is 101 Å². The number of carbonyl (C=O) groups is 3. The fraction of sp³-hybridized carbons (Fsp3) is 0.324. The van der Waals surface area contributed by atoms with Crippen molar-refractivity contribution in [2.24, 2.45) is 5.73 Å². The van der Waals surface area contributed by atoms with Gasteiger partial charge >= 0.3 is 6.09 Å². The quantitative estimate of drug-likeness (QED) is 0.107. The number of amides is 3. The molecule has 3 aromatic rings. The van der Waals surface area contributed by atoms with Crippen LogP contribution in [0.2, 0.25) is 0 Å². The van der Waals surface area contributed by atoms with Crippen LogP contribution in [0.3, 0.4) is 0 Å². The zero-order valence-corrected chi connectivity index (χ0v) is 30.1. The Morgan fingerprint density at radius 2 is 1.82 bits per heavy atom. The van der Waals surface area contributed by atoms with Crippen molar-refractivity contribution in [1.82, 2.24) is 4.90 Å². The number of hydrogen-bond acceptors (Lipinski definition) is 10. The van der Waals surface area contributed by atoms with Crippen LogP contribution >= 0.6 is 0 Å². The van der Waals surface area contributed by atoms with Gasteiger partial charge in [-0.3, -0.25) is 14.9 Å². The fourth-order valence-corrected chi connectivity index (χ4v) is 7.23. The molecule has 1 saturated heterocycles. The third-order valence-electron chi connectivity index (χ3n) is 8.19. The second-order valence-electron chi connectivity index (χ2n) is 12.1. The summed E-state index contributed by atoms with van der Waals surface area (Å²) in [6, 6.07) is 13.8. The van der Waals surface area contributed by atoms with Gasteiger partial charge in [-0.1, -0.05) is 24.8 Å². The second-order valence-corrected chi connectivity index (χ2v) is 13.9. The third-order valence-corrected chi connectivity index (χ3v) is 9.97. The number of ether oxygens (including phenoxy) is 3. The van der Waals surface area contributed by atoms with E-state index in [1.165, 1.54) is 44.4 Å². The number of aliphatic hydroxyl groups excluding tert-OH is 1. The van der Waals surface area contributed by atoms with Gasteiger partial charge in [-0.25, -0.2) is 13.2 Å². The Balaban J connectivity index is 1.88. The van der Waals surface area contributed by atoms with Crippen LogP contribution in [0.1, 0.15) is 74.1 Å². The van der Waals surface area contributed by atoms with Gasteiger partial charge in [-0.05, 0) is 100 Å². The number of allylic oxidation sites excluding steroid dienone is 2. The molecule has 4 rings (SSSR count). The summed E-state index contributed by atoms with van der Waals surface area (Å²) >= 11 is 0. The molecular weight excluding hydrogens is 676 g/mol. The highest BCUT2D eigenvalue weighted by Crippen LogP contribution is 2.41. The van der Waals surface area contributed by atoms with Crippen molar-refractivity contribution >= 4 is 39.1 Å². The number of aliphatic hydroxyl groups is 1. The van der Waals surface area contributed by atoms with Crippen LogP contribution in [0.4, 0.5) is 16.2 Å². The standard InChI is InChI=1S/C37H44N4O9S/c1-7-23(5)36(44)51(46,47)32-17-15-27(40-37(45)48-6)21-28(32)29-13-10-18-41(29)35(43)33(39-26-12-9-11-25(19-26)34(38)42)24-14-16-30(50-22(3)4)31(20-24)49-8-2/h7,9,11-12,14-17,19-22,29,33,39,44H,1,8,10,13,18H2,2-6H3,(H2,38,42)(H,40,45)/b36-23+/t29-,33-/m1/s1. The molecule has 272 valence electrons. The van der Waals surface area contributed by atoms with Crippen LogP contribution in [-0.2, 0) is 19.4 Å². The van der Waals surface area contributed by atoms with Gasteiger partial charge < -0.3 is 35.3 Å². The number of primary amides is 1. The lowest BCUT2D eigenvalue weighted by molar-refractivity contribution is -0.133. The molecule has 1 fully saturated rings. The summed E-state index contributed by atoms with van der Waals surface area (Å²) in [6.07, 6.45) is 1.19. The highest BCUT2D eigenvalue weighted by atomic mass is 32.2. The SMILES string of the molecule is C=C/C(C)=C(\O)S(=O)(=O)c1ccc(NC(=O)OC)cc1[C@H]1CCCN1C(=O)[C@H](Nc1cccc(C(N)=O)c1)c1ccc(OC(C)C)c(OCC)c1. The number of benzene rings is 3. The number of methoxy groups -OCH3 is 1. The molecule has 0 bridgehead atoms. The molecule has 0 saturated carbocycles. The summed E-state index contributed by atoms with van der Waals surface area (Å²) in [5.41, 5.74) is 7.15. The molecule has 0 unspecified atom stereocenters. The van der Waals surface area contributed by atoms with E-state index in [0.29, 0.717) is 42.2 Å². The maximum atomic E-state index is 14.8. The molecule has 1 heterocycles. The molecule has 3 aromatic carbocycles. The Kier molecular flexibility index (Phi) is 12.4. The Bertz CT molecular complexity index is 1940. The average Bonchev–Trinajstić information content (AvgIpc) is 3.60. The lowest BCUT2D eigenvalue weighted by Crippen LogP contribution is -2.38. The van der Waals surface area contributed by atoms with E-state index in [1.807, 2.05) is 20.8 Å². The summed E-state index contributed by atoms with van der Waals surface area (Å²) in [4.78, 5) is 40.3. The third kappa shape index (κ3) is 8.81. The van der Waals surface area contributed by atoms with E-state index in [1.54, 1.807) is 41.3 Å². The normalized spacial score (nSPS) is 15.4. The molecule has 5 N–H and O–H groups in total. The largest absolute Gasteiger partial charge is 0.498 e. The van der Waals surface area contributed by atoms with Crippen molar-refractivity contribution in [3.63, 3.8) is 0 Å². The highest BCUT2D eigenvalue weighted by Gasteiger charge is 2.39. The Morgan fingerprint density at radius 1 is 1.08 bits per heavy atom. The first-order valence-electron chi connectivity index (χ1n) is 16.4. The lowest BCUT2D eigenvalue weighted by atomic mass is 10.0. The van der Waals surface area contributed by atoms with E-state index >= 15 is 0 Å². The Morgan fingerprint density at radius 3 is 2.47 bits per heavy atom. The Labute approximate surface area is 298 Å². The number of nitrogens with two attached hydrogens (primary N) is 1. The first-order valence-corrected chi connectivity index (χ1v) is 17.9. The Hall–Kier alpha value is -5.50. The number of nitrogens with one attached hydrogen (secondary N) is 2. The number of sulfone groups is 1. The first kappa shape index (κ1) is 38.3. The zero-order valence-electron chi connectivity index (χ0n) is 29.3. The topological polar surface area (TPSA) is 187 Å². The molecule has 0 aliphatic carbocycles. The van der Waals surface area contributed by atoms with Crippen LogP contribution in [-0.4, -0.2) is 62.7 Å². The molecule has 1 aliphatic rings. The maximum absolute atomic E-state index is 14.8. The molecule has 3 amide bonds. The molecular formula is C37H44N4O9S. The molecule has 0 radical (unpaired) electrons. The van der Waals surface area contributed by atoms with Gasteiger partial charge in [0.05, 0.1) is 30.8 Å². The van der Waals surface area contributed by atoms with E-state index in [0.717, 1.165) is 0 Å². The van der Waals surface area contributed by atoms with Crippen molar-refractivity contribution in [3.8, 4) is 11.5 Å². The van der Waals surface area contributed by atoms with E-state index in [9.17, 15) is 27.9 Å². The van der Waals surface area contributed by atoms with Gasteiger partial charge in [0.1, 0.15) is 6.04 Å². The minimum Gasteiger partial charge on any atom is -0.498 e. The highest BCUT2D eigenvalue weighted by molar-refractivity contribution is 7.95. The summed E-state index contributed by atoms with van der Waals surface area (Å²) in [5, 5.41) is 15.7. The average molecular weight is 721 g/mol. The van der Waals surface area contributed by atoms with Crippen LogP contribution in [0.25, 0.3) is 0 Å². The molecule has 51 heavy (non-hydrogen) atoms. The number of rotatable bonds is 14. The van der Waals surface area contributed by atoms with Gasteiger partial charge in [0.2, 0.25) is 26.7 Å². The molecule has 1 aliphatic heterocycles. The summed E-state index contributed by atoms with van der Waals surface area (Å²) in [7, 11) is -3.29. The summed E-state index contributed by atoms with van der Waals surface area (Å²) < 4.78 is 44.2. The number of likely N-dealkylation sites (tertiary alicyclic amines) is 1. The number of nitrogens with zero attached hydrogens (tertiary/aromatic N) is 1. The predicted molar refractivity (Wildman–Crippen MR) is 194 cm³/mol. The minimum absolute atomic E-state index is 0.0366. The van der Waals surface area contributed by atoms with Crippen LogP contribution in [0.15, 0.2) is 88.9 Å². The molecule has 13 nitrogen and oxygen atoms in total. The smallest absolute Gasteiger partial charge is 0.411 e. The summed E-state index contributed by atoms with van der Waals surface area (Å²) in [5.74, 6) is -0.155. The maximum Gasteiger partial charge on any atom is 0.411 e. The molecule has 0 spiro atoms. The van der Waals surface area contributed by atoms with E-state index < -0.39 is 44.9 Å². The van der Waals surface area contributed by atoms with Crippen molar-refractivity contribution in [2.75, 3.05) is 30.9 Å². The van der Waals surface area contributed by atoms with Gasteiger partial charge in [-0.15, -0.1) is 0 Å². The van der Waals surface area contributed by atoms with Gasteiger partial charge in [0, 0.05) is 29.1 Å². The van der Waals surface area contributed by atoms with Crippen molar-refractivity contribution in [2.45, 2.75) is 63.6 Å². The predicted octanol–water partition coefficient (Wildman–Crippen LogP) is 6.42. The second kappa shape index (κ2) is 16.5. The first-order chi connectivity index (χ1) is 24.2. The molecule has 2 atom stereocenters. The number of hydrogen-bond donors (Lipinski definition) is 4. The number of anilines is 2. The lowest BCUT2D eigenvalue weighted by Gasteiger charge is -2.31. The van der Waals surface area contributed by atoms with Crippen LogP contribution in [0, 0.1) is 0 Å². The monoisotopic (exact) mass is 720 g/mol. The van der Waals surface area contributed by atoms with E-state index in [2.05, 4.69) is 17.2 Å². The van der Waals surface area contributed by atoms with Gasteiger partial charge in [-0.2, -0.15) is 0 Å². The zero-order chi connectivity index (χ0) is 37.5. The fourth-order valence-electron chi connectivity index (χ4n) is 5.76.